The maximum atomic E-state index is 6.12. The predicted octanol–water partition coefficient (Wildman–Crippen LogP) is 5.02. The maximum Gasteiger partial charge on any atom is 0.0624 e. The predicted molar refractivity (Wildman–Crippen MR) is 79.0 cm³/mol. The summed E-state index contributed by atoms with van der Waals surface area (Å²) in [4.78, 5) is 0. The number of benzene rings is 1. The molecule has 0 aliphatic carbocycles. The van der Waals surface area contributed by atoms with Gasteiger partial charge in [0, 0.05) is 5.92 Å². The van der Waals surface area contributed by atoms with Crippen LogP contribution >= 0.6 is 0 Å². The maximum absolute atomic E-state index is 6.12. The fourth-order valence-electron chi connectivity index (χ4n) is 1.94. The first-order valence-corrected chi connectivity index (χ1v) is 6.95. The average Bonchev–Trinajstić information content (AvgIpc) is 2.29. The molecule has 1 rings (SSSR count). The lowest BCUT2D eigenvalue weighted by Crippen LogP contribution is -2.30. The van der Waals surface area contributed by atoms with Gasteiger partial charge in [-0.05, 0) is 31.2 Å². The molecule has 1 unspecified atom stereocenters. The highest BCUT2D eigenvalue weighted by molar-refractivity contribution is 5.21. The molecule has 1 aromatic rings. The Kier molecular flexibility index (Phi) is 4.98. The zero-order valence-electron chi connectivity index (χ0n) is 12.8. The van der Waals surface area contributed by atoms with Crippen LogP contribution in [0.1, 0.15) is 59.4 Å². The smallest absolute Gasteiger partial charge is 0.0624 e. The molecule has 1 heteroatoms. The first kappa shape index (κ1) is 15.2. The Bertz CT molecular complexity index is 346. The molecule has 0 aliphatic heterocycles. The van der Waals surface area contributed by atoms with Crippen LogP contribution < -0.4 is 0 Å². The number of hydrogen-bond donors (Lipinski definition) is 0. The van der Waals surface area contributed by atoms with Gasteiger partial charge in [0.2, 0.25) is 0 Å². The quantitative estimate of drug-likeness (QED) is 0.710. The number of hydrogen-bond acceptors (Lipinski definition) is 1. The molecule has 0 bridgehead atoms. The zero-order chi connectivity index (χ0) is 13.8. The Hall–Kier alpha value is -0.820. The van der Waals surface area contributed by atoms with E-state index in [0.29, 0.717) is 5.92 Å². The standard InChI is InChI=1S/C17H28O/c1-7-17(5,6)18-13-15(16(2,3)4)14-11-9-8-10-12-14/h8-12,15H,7,13H2,1-6H3. The Morgan fingerprint density at radius 1 is 1.00 bits per heavy atom. The van der Waals surface area contributed by atoms with Crippen molar-refractivity contribution in [2.24, 2.45) is 5.41 Å². The lowest BCUT2D eigenvalue weighted by Gasteiger charge is -2.34. The summed E-state index contributed by atoms with van der Waals surface area (Å²) in [5, 5.41) is 0. The van der Waals surface area contributed by atoms with Crippen molar-refractivity contribution in [1.82, 2.24) is 0 Å². The zero-order valence-corrected chi connectivity index (χ0v) is 12.8. The third kappa shape index (κ3) is 4.45. The van der Waals surface area contributed by atoms with Crippen molar-refractivity contribution in [3.8, 4) is 0 Å². The van der Waals surface area contributed by atoms with E-state index in [1.54, 1.807) is 0 Å². The normalized spacial score (nSPS) is 14.6. The molecule has 0 amide bonds. The third-order valence-corrected chi connectivity index (χ3v) is 3.74. The Morgan fingerprint density at radius 2 is 1.56 bits per heavy atom. The molecule has 0 heterocycles. The lowest BCUT2D eigenvalue weighted by molar-refractivity contribution is -0.0390. The summed E-state index contributed by atoms with van der Waals surface area (Å²) < 4.78 is 6.12. The molecule has 102 valence electrons. The third-order valence-electron chi connectivity index (χ3n) is 3.74. The van der Waals surface area contributed by atoms with E-state index in [9.17, 15) is 0 Å². The minimum absolute atomic E-state index is 0.0295. The topological polar surface area (TPSA) is 9.23 Å². The van der Waals surface area contributed by atoms with Crippen LogP contribution in [-0.4, -0.2) is 12.2 Å². The van der Waals surface area contributed by atoms with Crippen molar-refractivity contribution in [1.29, 1.82) is 0 Å². The van der Waals surface area contributed by atoms with Crippen LogP contribution in [0.3, 0.4) is 0 Å². The minimum atomic E-state index is -0.0295. The Morgan fingerprint density at radius 3 is 2.00 bits per heavy atom. The van der Waals surface area contributed by atoms with Crippen molar-refractivity contribution < 1.29 is 4.74 Å². The molecule has 0 aliphatic rings. The molecule has 0 fully saturated rings. The number of rotatable bonds is 5. The first-order valence-electron chi connectivity index (χ1n) is 6.95. The van der Waals surface area contributed by atoms with Gasteiger partial charge in [0.1, 0.15) is 0 Å². The molecule has 0 spiro atoms. The van der Waals surface area contributed by atoms with Crippen LogP contribution in [0.5, 0.6) is 0 Å². The van der Waals surface area contributed by atoms with Gasteiger partial charge in [-0.15, -0.1) is 0 Å². The van der Waals surface area contributed by atoms with Gasteiger partial charge in [-0.2, -0.15) is 0 Å². The highest BCUT2D eigenvalue weighted by atomic mass is 16.5. The monoisotopic (exact) mass is 248 g/mol. The lowest BCUT2D eigenvalue weighted by atomic mass is 9.77. The van der Waals surface area contributed by atoms with Gasteiger partial charge < -0.3 is 4.74 Å². The van der Waals surface area contributed by atoms with E-state index in [1.165, 1.54) is 5.56 Å². The Balaban J connectivity index is 2.82. The Labute approximate surface area is 113 Å². The average molecular weight is 248 g/mol. The molecule has 1 nitrogen and oxygen atoms in total. The van der Waals surface area contributed by atoms with Crippen LogP contribution in [0.2, 0.25) is 0 Å². The molecule has 1 aromatic carbocycles. The second-order valence-electron chi connectivity index (χ2n) is 6.75. The molecule has 18 heavy (non-hydrogen) atoms. The van der Waals surface area contributed by atoms with Gasteiger partial charge in [-0.3, -0.25) is 0 Å². The van der Waals surface area contributed by atoms with E-state index in [2.05, 4.69) is 71.9 Å². The van der Waals surface area contributed by atoms with Crippen LogP contribution in [0.25, 0.3) is 0 Å². The molecular weight excluding hydrogens is 220 g/mol. The van der Waals surface area contributed by atoms with Crippen molar-refractivity contribution in [3.63, 3.8) is 0 Å². The fraction of sp³-hybridized carbons (Fsp3) is 0.647. The summed E-state index contributed by atoms with van der Waals surface area (Å²) in [6.45, 7) is 14.1. The highest BCUT2D eigenvalue weighted by Gasteiger charge is 2.28. The van der Waals surface area contributed by atoms with Gasteiger partial charge in [-0.25, -0.2) is 0 Å². The van der Waals surface area contributed by atoms with Crippen LogP contribution in [0.15, 0.2) is 30.3 Å². The largest absolute Gasteiger partial charge is 0.375 e. The van der Waals surface area contributed by atoms with Crippen molar-refractivity contribution in [2.45, 2.75) is 59.5 Å². The summed E-state index contributed by atoms with van der Waals surface area (Å²) in [6.07, 6.45) is 1.04. The van der Waals surface area contributed by atoms with Crippen LogP contribution in [-0.2, 0) is 4.74 Å². The van der Waals surface area contributed by atoms with Crippen LogP contribution in [0, 0.1) is 5.41 Å². The highest BCUT2D eigenvalue weighted by Crippen LogP contribution is 2.36. The number of ether oxygens (including phenoxy) is 1. The van der Waals surface area contributed by atoms with E-state index in [1.807, 2.05) is 0 Å². The second kappa shape index (κ2) is 5.88. The van der Waals surface area contributed by atoms with Gasteiger partial charge in [0.15, 0.2) is 0 Å². The van der Waals surface area contributed by atoms with Gasteiger partial charge in [-0.1, -0.05) is 58.0 Å². The van der Waals surface area contributed by atoms with E-state index in [4.69, 9.17) is 4.74 Å². The van der Waals surface area contributed by atoms with Gasteiger partial charge >= 0.3 is 0 Å². The van der Waals surface area contributed by atoms with Gasteiger partial charge in [0.05, 0.1) is 12.2 Å². The molecule has 0 radical (unpaired) electrons. The summed E-state index contributed by atoms with van der Waals surface area (Å²) in [5.41, 5.74) is 1.56. The molecular formula is C17H28O. The van der Waals surface area contributed by atoms with Crippen LogP contribution in [0.4, 0.5) is 0 Å². The first-order chi connectivity index (χ1) is 8.26. The summed E-state index contributed by atoms with van der Waals surface area (Å²) >= 11 is 0. The van der Waals surface area contributed by atoms with Crippen molar-refractivity contribution in [3.05, 3.63) is 35.9 Å². The van der Waals surface area contributed by atoms with E-state index >= 15 is 0 Å². The minimum Gasteiger partial charge on any atom is -0.375 e. The van der Waals surface area contributed by atoms with E-state index < -0.39 is 0 Å². The SMILES string of the molecule is CCC(C)(C)OCC(c1ccccc1)C(C)(C)C. The summed E-state index contributed by atoms with van der Waals surface area (Å²) in [6, 6.07) is 10.7. The molecule has 0 aromatic heterocycles. The second-order valence-corrected chi connectivity index (χ2v) is 6.75. The summed E-state index contributed by atoms with van der Waals surface area (Å²) in [7, 11) is 0. The summed E-state index contributed by atoms with van der Waals surface area (Å²) in [5.74, 6) is 0.435. The molecule has 0 saturated carbocycles. The molecule has 0 saturated heterocycles. The van der Waals surface area contributed by atoms with Crippen molar-refractivity contribution >= 4 is 0 Å². The molecule has 1 atom stereocenters. The van der Waals surface area contributed by atoms with E-state index in [0.717, 1.165) is 13.0 Å². The van der Waals surface area contributed by atoms with E-state index in [-0.39, 0.29) is 11.0 Å². The van der Waals surface area contributed by atoms with Crippen molar-refractivity contribution in [2.75, 3.05) is 6.61 Å². The fourth-order valence-corrected chi connectivity index (χ4v) is 1.94. The molecule has 0 N–H and O–H groups in total. The van der Waals surface area contributed by atoms with Gasteiger partial charge in [0.25, 0.3) is 0 Å².